The number of thiazole rings is 1. The van der Waals surface area contributed by atoms with Crippen LogP contribution in [0.2, 0.25) is 0 Å². The topological polar surface area (TPSA) is 76.8 Å². The van der Waals surface area contributed by atoms with E-state index in [-0.39, 0.29) is 12.5 Å². The Morgan fingerprint density at radius 3 is 2.82 bits per heavy atom. The number of aromatic nitrogens is 2. The lowest BCUT2D eigenvalue weighted by Gasteiger charge is -2.26. The minimum Gasteiger partial charge on any atom is -0.492 e. The number of fused-ring (bicyclic) bond motifs is 1. The molecule has 1 aliphatic rings. The monoisotopic (exact) mass is 463 g/mol. The van der Waals surface area contributed by atoms with Crippen molar-refractivity contribution in [3.05, 3.63) is 70.8 Å². The van der Waals surface area contributed by atoms with Crippen molar-refractivity contribution in [3.63, 3.8) is 0 Å². The van der Waals surface area contributed by atoms with Crippen LogP contribution < -0.4 is 4.74 Å². The van der Waals surface area contributed by atoms with Crippen LogP contribution in [-0.2, 0) is 11.3 Å². The summed E-state index contributed by atoms with van der Waals surface area (Å²) in [6.45, 7) is 4.85. The van der Waals surface area contributed by atoms with E-state index in [1.54, 1.807) is 17.0 Å². The molecule has 4 aromatic rings. The largest absolute Gasteiger partial charge is 0.492 e. The molecule has 2 aromatic heterocycles. The van der Waals surface area contributed by atoms with Crippen LogP contribution in [0.4, 0.5) is 0 Å². The molecular weight excluding hydrogens is 438 g/mol. The number of morpholine rings is 1. The predicted octanol–water partition coefficient (Wildman–Crippen LogP) is 3.66. The average molecular weight is 464 g/mol. The summed E-state index contributed by atoms with van der Waals surface area (Å²) in [7, 11) is 0. The van der Waals surface area contributed by atoms with Crippen LogP contribution in [0.25, 0.3) is 22.0 Å². The lowest BCUT2D eigenvalue weighted by atomic mass is 10.0. The normalized spacial score (nSPS) is 14.6. The molecule has 0 unspecified atom stereocenters. The molecule has 5 rings (SSSR count). The summed E-state index contributed by atoms with van der Waals surface area (Å²) in [5.74, 6) is 0.625. The Bertz CT molecular complexity index is 1260. The molecule has 0 spiro atoms. The van der Waals surface area contributed by atoms with Crippen LogP contribution in [0.3, 0.4) is 0 Å². The van der Waals surface area contributed by atoms with Crippen molar-refractivity contribution in [1.82, 2.24) is 14.5 Å². The van der Waals surface area contributed by atoms with E-state index in [0.29, 0.717) is 16.5 Å². The van der Waals surface area contributed by atoms with E-state index in [0.717, 1.165) is 60.6 Å². The van der Waals surface area contributed by atoms with Crippen molar-refractivity contribution < 1.29 is 19.4 Å². The Morgan fingerprint density at radius 2 is 2.00 bits per heavy atom. The Morgan fingerprint density at radius 1 is 1.15 bits per heavy atom. The van der Waals surface area contributed by atoms with Crippen LogP contribution >= 0.6 is 11.3 Å². The number of hydrogen-bond acceptors (Lipinski definition) is 7. The molecule has 1 fully saturated rings. The predicted molar refractivity (Wildman–Crippen MR) is 128 cm³/mol. The maximum absolute atomic E-state index is 13.0. The minimum absolute atomic E-state index is 0.119. The molecule has 33 heavy (non-hydrogen) atoms. The summed E-state index contributed by atoms with van der Waals surface area (Å²) in [6, 6.07) is 15.9. The Kier molecular flexibility index (Phi) is 6.50. The third-order valence-corrected chi connectivity index (χ3v) is 6.74. The van der Waals surface area contributed by atoms with E-state index in [9.17, 15) is 9.90 Å². The maximum atomic E-state index is 13.0. The van der Waals surface area contributed by atoms with Gasteiger partial charge in [0.2, 0.25) is 0 Å². The van der Waals surface area contributed by atoms with Gasteiger partial charge in [-0.3, -0.25) is 14.3 Å². The van der Waals surface area contributed by atoms with Crippen LogP contribution in [-0.4, -0.2) is 64.9 Å². The number of aliphatic hydroxyl groups is 1. The molecule has 1 saturated heterocycles. The number of hydrogen-bond donors (Lipinski definition) is 1. The first-order chi connectivity index (χ1) is 16.2. The van der Waals surface area contributed by atoms with Crippen molar-refractivity contribution in [3.8, 4) is 16.9 Å². The van der Waals surface area contributed by atoms with Gasteiger partial charge in [-0.15, -0.1) is 11.3 Å². The molecule has 170 valence electrons. The van der Waals surface area contributed by atoms with Gasteiger partial charge in [0.25, 0.3) is 5.91 Å². The lowest BCUT2D eigenvalue weighted by molar-refractivity contribution is 0.0322. The zero-order chi connectivity index (χ0) is 22.6. The molecular formula is C25H25N3O4S. The van der Waals surface area contributed by atoms with Crippen molar-refractivity contribution in [2.45, 2.75) is 6.61 Å². The first kappa shape index (κ1) is 21.8. The molecule has 0 aliphatic carbocycles. The van der Waals surface area contributed by atoms with Gasteiger partial charge in [-0.05, 0) is 35.4 Å². The number of rotatable bonds is 7. The van der Waals surface area contributed by atoms with E-state index >= 15 is 0 Å². The standard InChI is InChI=1S/C25H25N3O4S/c29-17-20-16-26-24(33-20)25(30)28-8-7-22-21(5-2-6-23(22)28)18-3-1-4-19(15-18)32-14-11-27-9-12-31-13-10-27/h1-8,15-16,29H,9-14,17H2. The van der Waals surface area contributed by atoms with Crippen molar-refractivity contribution in [2.75, 3.05) is 39.5 Å². The molecule has 0 radical (unpaired) electrons. The van der Waals surface area contributed by atoms with Crippen LogP contribution in [0.5, 0.6) is 5.75 Å². The fourth-order valence-electron chi connectivity index (χ4n) is 4.05. The summed E-state index contributed by atoms with van der Waals surface area (Å²) in [5.41, 5.74) is 2.89. The molecule has 1 aliphatic heterocycles. The van der Waals surface area contributed by atoms with Crippen molar-refractivity contribution in [2.24, 2.45) is 0 Å². The van der Waals surface area contributed by atoms with Crippen LogP contribution in [0.1, 0.15) is 14.7 Å². The van der Waals surface area contributed by atoms with Gasteiger partial charge in [0.1, 0.15) is 12.4 Å². The summed E-state index contributed by atoms with van der Waals surface area (Å²) < 4.78 is 13.0. The second-order valence-corrected chi connectivity index (χ2v) is 8.96. The highest BCUT2D eigenvalue weighted by Gasteiger charge is 2.17. The zero-order valence-corrected chi connectivity index (χ0v) is 19.0. The first-order valence-electron chi connectivity index (χ1n) is 11.0. The Hall–Kier alpha value is -3.04. The summed E-state index contributed by atoms with van der Waals surface area (Å²) in [5, 5.41) is 10.6. The number of carbonyl (C=O) groups excluding carboxylic acids is 1. The molecule has 2 aromatic carbocycles. The quantitative estimate of drug-likeness (QED) is 0.451. The summed E-state index contributed by atoms with van der Waals surface area (Å²) in [4.78, 5) is 20.2. The SMILES string of the molecule is O=C(c1ncc(CO)s1)n1ccc2c(-c3cccc(OCCN4CCOCC4)c3)cccc21. The van der Waals surface area contributed by atoms with Crippen molar-refractivity contribution in [1.29, 1.82) is 0 Å². The fourth-order valence-corrected chi connectivity index (χ4v) is 4.76. The summed E-state index contributed by atoms with van der Waals surface area (Å²) >= 11 is 1.21. The lowest BCUT2D eigenvalue weighted by Crippen LogP contribution is -2.38. The smallest absolute Gasteiger partial charge is 0.291 e. The highest BCUT2D eigenvalue weighted by atomic mass is 32.1. The molecule has 0 saturated carbocycles. The highest BCUT2D eigenvalue weighted by molar-refractivity contribution is 7.13. The van der Waals surface area contributed by atoms with Crippen molar-refractivity contribution >= 4 is 28.1 Å². The number of ether oxygens (including phenoxy) is 2. The van der Waals surface area contributed by atoms with E-state index < -0.39 is 0 Å². The van der Waals surface area contributed by atoms with Gasteiger partial charge in [-0.25, -0.2) is 4.98 Å². The van der Waals surface area contributed by atoms with E-state index in [1.165, 1.54) is 11.3 Å². The zero-order valence-electron chi connectivity index (χ0n) is 18.1. The molecule has 0 atom stereocenters. The Balaban J connectivity index is 1.36. The minimum atomic E-state index is -0.202. The Labute approximate surface area is 195 Å². The van der Waals surface area contributed by atoms with Gasteiger partial charge < -0.3 is 14.6 Å². The molecule has 7 nitrogen and oxygen atoms in total. The van der Waals surface area contributed by atoms with Gasteiger partial charge in [0.05, 0.1) is 30.2 Å². The molecule has 3 heterocycles. The number of carbonyl (C=O) groups is 1. The maximum Gasteiger partial charge on any atom is 0.291 e. The highest BCUT2D eigenvalue weighted by Crippen LogP contribution is 2.32. The van der Waals surface area contributed by atoms with Gasteiger partial charge in [0, 0.05) is 37.4 Å². The van der Waals surface area contributed by atoms with Gasteiger partial charge >= 0.3 is 0 Å². The van der Waals surface area contributed by atoms with E-state index in [1.807, 2.05) is 36.4 Å². The average Bonchev–Trinajstić information content (AvgIpc) is 3.52. The van der Waals surface area contributed by atoms with Crippen LogP contribution in [0.15, 0.2) is 60.9 Å². The molecule has 0 bridgehead atoms. The molecule has 8 heteroatoms. The van der Waals surface area contributed by atoms with Gasteiger partial charge in [-0.1, -0.05) is 24.3 Å². The third kappa shape index (κ3) is 4.69. The molecule has 0 amide bonds. The van der Waals surface area contributed by atoms with E-state index in [2.05, 4.69) is 22.0 Å². The number of nitrogens with zero attached hydrogens (tertiary/aromatic N) is 3. The fraction of sp³-hybridized carbons (Fsp3) is 0.280. The first-order valence-corrected chi connectivity index (χ1v) is 11.8. The van der Waals surface area contributed by atoms with Gasteiger partial charge in [-0.2, -0.15) is 0 Å². The van der Waals surface area contributed by atoms with Crippen LogP contribution in [0, 0.1) is 0 Å². The second-order valence-electron chi connectivity index (χ2n) is 7.85. The molecule has 1 N–H and O–H groups in total. The second kappa shape index (κ2) is 9.84. The van der Waals surface area contributed by atoms with E-state index in [4.69, 9.17) is 9.47 Å². The van der Waals surface area contributed by atoms with Gasteiger partial charge in [0.15, 0.2) is 5.01 Å². The number of benzene rings is 2. The third-order valence-electron chi connectivity index (χ3n) is 5.77. The number of aliphatic hydroxyl groups excluding tert-OH is 1. The summed E-state index contributed by atoms with van der Waals surface area (Å²) in [6.07, 6.45) is 3.32.